The average molecular weight is 300 g/mol. The Morgan fingerprint density at radius 2 is 1.89 bits per heavy atom. The van der Waals surface area contributed by atoms with E-state index in [4.69, 9.17) is 11.6 Å². The number of sulfonamides is 1. The van der Waals surface area contributed by atoms with Crippen molar-refractivity contribution in [1.29, 1.82) is 0 Å². The van der Waals surface area contributed by atoms with E-state index in [0.29, 0.717) is 10.6 Å². The van der Waals surface area contributed by atoms with E-state index in [0.717, 1.165) is 6.07 Å². The molecule has 100 valence electrons. The van der Waals surface area contributed by atoms with Gasteiger partial charge < -0.3 is 0 Å². The summed E-state index contributed by atoms with van der Waals surface area (Å²) in [4.78, 5) is 0.0287. The van der Waals surface area contributed by atoms with Crippen molar-refractivity contribution in [1.82, 2.24) is 0 Å². The summed E-state index contributed by atoms with van der Waals surface area (Å²) in [7, 11) is -3.77. The first kappa shape index (κ1) is 13.8. The van der Waals surface area contributed by atoms with Gasteiger partial charge in [-0.1, -0.05) is 23.7 Å². The van der Waals surface area contributed by atoms with Crippen molar-refractivity contribution < 1.29 is 12.8 Å². The van der Waals surface area contributed by atoms with E-state index in [-0.39, 0.29) is 10.6 Å². The second-order valence-corrected chi connectivity index (χ2v) is 6.15. The molecule has 2 aromatic carbocycles. The van der Waals surface area contributed by atoms with Crippen molar-refractivity contribution in [2.24, 2.45) is 0 Å². The van der Waals surface area contributed by atoms with Gasteiger partial charge in [0.2, 0.25) is 0 Å². The van der Waals surface area contributed by atoms with Crippen LogP contribution in [0.5, 0.6) is 0 Å². The topological polar surface area (TPSA) is 46.2 Å². The summed E-state index contributed by atoms with van der Waals surface area (Å²) < 4.78 is 39.8. The number of halogens is 2. The highest BCUT2D eigenvalue weighted by Gasteiger charge is 2.14. The van der Waals surface area contributed by atoms with Gasteiger partial charge in [0.15, 0.2) is 0 Å². The van der Waals surface area contributed by atoms with E-state index in [1.165, 1.54) is 30.3 Å². The van der Waals surface area contributed by atoms with Crippen LogP contribution in [-0.2, 0) is 10.0 Å². The molecule has 0 bridgehead atoms. The first-order valence-electron chi connectivity index (χ1n) is 5.43. The van der Waals surface area contributed by atoms with Gasteiger partial charge in [-0.2, -0.15) is 0 Å². The molecule has 0 saturated carbocycles. The lowest BCUT2D eigenvalue weighted by Gasteiger charge is -2.09. The standard InChI is InChI=1S/C13H11ClFNO2S/c1-9-5-6-11(8-13(9)15)16-19(17,18)12-4-2-3-10(14)7-12/h2-8,16H,1H3. The summed E-state index contributed by atoms with van der Waals surface area (Å²) in [5.74, 6) is -0.466. The maximum Gasteiger partial charge on any atom is 0.261 e. The van der Waals surface area contributed by atoms with Gasteiger partial charge in [0, 0.05) is 5.02 Å². The summed E-state index contributed by atoms with van der Waals surface area (Å²) in [5.41, 5.74) is 0.619. The van der Waals surface area contributed by atoms with Gasteiger partial charge in [0.1, 0.15) is 5.82 Å². The fraction of sp³-hybridized carbons (Fsp3) is 0.0769. The van der Waals surface area contributed by atoms with Crippen molar-refractivity contribution in [2.45, 2.75) is 11.8 Å². The van der Waals surface area contributed by atoms with Crippen LogP contribution in [0.3, 0.4) is 0 Å². The molecule has 0 fully saturated rings. The Hall–Kier alpha value is -1.59. The maximum atomic E-state index is 13.4. The number of rotatable bonds is 3. The molecule has 19 heavy (non-hydrogen) atoms. The minimum Gasteiger partial charge on any atom is -0.280 e. The van der Waals surface area contributed by atoms with E-state index in [1.807, 2.05) is 0 Å². The van der Waals surface area contributed by atoms with E-state index < -0.39 is 15.8 Å². The normalized spacial score (nSPS) is 11.3. The molecule has 0 atom stereocenters. The van der Waals surface area contributed by atoms with E-state index >= 15 is 0 Å². The SMILES string of the molecule is Cc1ccc(NS(=O)(=O)c2cccc(Cl)c2)cc1F. The van der Waals surface area contributed by atoms with Gasteiger partial charge in [-0.25, -0.2) is 12.8 Å². The molecule has 2 rings (SSSR count). The number of nitrogens with one attached hydrogen (secondary N) is 1. The molecule has 1 N–H and O–H groups in total. The predicted octanol–water partition coefficient (Wildman–Crippen LogP) is 3.59. The zero-order valence-electron chi connectivity index (χ0n) is 10.0. The van der Waals surface area contributed by atoms with Gasteiger partial charge in [0.25, 0.3) is 10.0 Å². The van der Waals surface area contributed by atoms with Gasteiger partial charge in [-0.15, -0.1) is 0 Å². The monoisotopic (exact) mass is 299 g/mol. The third-order valence-corrected chi connectivity index (χ3v) is 4.14. The molecule has 0 aliphatic carbocycles. The number of hydrogen-bond donors (Lipinski definition) is 1. The van der Waals surface area contributed by atoms with Crippen LogP contribution in [0.2, 0.25) is 5.02 Å². The predicted molar refractivity (Wildman–Crippen MR) is 73.4 cm³/mol. The van der Waals surface area contributed by atoms with Crippen LogP contribution in [0.4, 0.5) is 10.1 Å². The molecule has 0 heterocycles. The lowest BCUT2D eigenvalue weighted by atomic mass is 10.2. The summed E-state index contributed by atoms with van der Waals surface area (Å²) in [5, 5.41) is 0.318. The number of benzene rings is 2. The van der Waals surface area contributed by atoms with E-state index in [2.05, 4.69) is 4.72 Å². The first-order valence-corrected chi connectivity index (χ1v) is 7.29. The van der Waals surface area contributed by atoms with Crippen LogP contribution in [0, 0.1) is 12.7 Å². The third kappa shape index (κ3) is 3.24. The molecule has 0 aromatic heterocycles. The average Bonchev–Trinajstić information content (AvgIpc) is 2.33. The van der Waals surface area contributed by atoms with Gasteiger partial charge in [-0.3, -0.25) is 4.72 Å². The first-order chi connectivity index (χ1) is 8.88. The second-order valence-electron chi connectivity index (χ2n) is 4.03. The fourth-order valence-electron chi connectivity index (χ4n) is 1.50. The summed E-state index contributed by atoms with van der Waals surface area (Å²) in [6, 6.07) is 10.00. The number of hydrogen-bond acceptors (Lipinski definition) is 2. The Bertz CT molecular complexity index is 716. The van der Waals surface area contributed by atoms with Crippen LogP contribution in [-0.4, -0.2) is 8.42 Å². The summed E-state index contributed by atoms with van der Waals surface area (Å²) in [6.07, 6.45) is 0. The zero-order valence-corrected chi connectivity index (χ0v) is 11.6. The molecular weight excluding hydrogens is 289 g/mol. The van der Waals surface area contributed by atoms with Crippen LogP contribution in [0.1, 0.15) is 5.56 Å². The van der Waals surface area contributed by atoms with Crippen molar-refractivity contribution in [2.75, 3.05) is 4.72 Å². The highest BCUT2D eigenvalue weighted by Crippen LogP contribution is 2.20. The largest absolute Gasteiger partial charge is 0.280 e. The molecule has 2 aromatic rings. The van der Waals surface area contributed by atoms with Crippen molar-refractivity contribution in [3.05, 3.63) is 58.9 Å². The van der Waals surface area contributed by atoms with Gasteiger partial charge >= 0.3 is 0 Å². The Kier molecular flexibility index (Phi) is 3.78. The van der Waals surface area contributed by atoms with Crippen LogP contribution in [0.15, 0.2) is 47.4 Å². The summed E-state index contributed by atoms with van der Waals surface area (Å²) in [6.45, 7) is 1.60. The van der Waals surface area contributed by atoms with E-state index in [1.54, 1.807) is 13.0 Å². The van der Waals surface area contributed by atoms with Crippen molar-refractivity contribution >= 4 is 27.3 Å². The highest BCUT2D eigenvalue weighted by molar-refractivity contribution is 7.92. The fourth-order valence-corrected chi connectivity index (χ4v) is 2.85. The van der Waals surface area contributed by atoms with Gasteiger partial charge in [0.05, 0.1) is 10.6 Å². The minimum atomic E-state index is -3.77. The van der Waals surface area contributed by atoms with Crippen molar-refractivity contribution in [3.63, 3.8) is 0 Å². The molecule has 0 saturated heterocycles. The molecule has 6 heteroatoms. The lowest BCUT2D eigenvalue weighted by molar-refractivity contribution is 0.601. The number of aryl methyl sites for hydroxylation is 1. The molecule has 0 spiro atoms. The molecular formula is C13H11ClFNO2S. The van der Waals surface area contributed by atoms with Crippen LogP contribution in [0.25, 0.3) is 0 Å². The Morgan fingerprint density at radius 1 is 1.16 bits per heavy atom. The molecule has 0 radical (unpaired) electrons. The third-order valence-electron chi connectivity index (χ3n) is 2.53. The van der Waals surface area contributed by atoms with Crippen molar-refractivity contribution in [3.8, 4) is 0 Å². The lowest BCUT2D eigenvalue weighted by Crippen LogP contribution is -2.13. The van der Waals surface area contributed by atoms with Gasteiger partial charge in [-0.05, 0) is 42.8 Å². The molecule has 0 aliphatic heterocycles. The Balaban J connectivity index is 2.33. The number of anilines is 1. The molecule has 0 unspecified atom stereocenters. The summed E-state index contributed by atoms with van der Waals surface area (Å²) >= 11 is 5.75. The molecule has 0 amide bonds. The van der Waals surface area contributed by atoms with E-state index in [9.17, 15) is 12.8 Å². The zero-order chi connectivity index (χ0) is 14.0. The highest BCUT2D eigenvalue weighted by atomic mass is 35.5. The molecule has 0 aliphatic rings. The quantitative estimate of drug-likeness (QED) is 0.941. The van der Waals surface area contributed by atoms with Crippen LogP contribution >= 0.6 is 11.6 Å². The molecule has 3 nitrogen and oxygen atoms in total. The Labute approximate surface area is 116 Å². The Morgan fingerprint density at radius 3 is 2.53 bits per heavy atom. The smallest absolute Gasteiger partial charge is 0.261 e. The minimum absolute atomic E-state index is 0.0287. The second kappa shape index (κ2) is 5.19. The maximum absolute atomic E-state index is 13.4. The van der Waals surface area contributed by atoms with Crippen LogP contribution < -0.4 is 4.72 Å².